The number of methoxy groups -OCH3 is 1. The van der Waals surface area contributed by atoms with Crippen molar-refractivity contribution in [3.8, 4) is 5.75 Å². The van der Waals surface area contributed by atoms with Gasteiger partial charge in [-0.25, -0.2) is 0 Å². The van der Waals surface area contributed by atoms with Crippen LogP contribution in [0.4, 0.5) is 0 Å². The number of hydrogen-bond acceptors (Lipinski definition) is 1. The van der Waals surface area contributed by atoms with Gasteiger partial charge in [0.05, 0.1) is 12.5 Å². The number of hydrogen-bond donors (Lipinski definition) is 0. The molecular weight excluding hydrogens is 279 g/mol. The van der Waals surface area contributed by atoms with E-state index in [4.69, 9.17) is 27.9 Å². The molecule has 0 aliphatic rings. The first-order chi connectivity index (χ1) is 9.11. The first-order valence-corrected chi connectivity index (χ1v) is 6.95. The molecule has 0 spiro atoms. The topological polar surface area (TPSA) is 9.23 Å². The van der Waals surface area contributed by atoms with Crippen LogP contribution < -0.4 is 4.74 Å². The van der Waals surface area contributed by atoms with Gasteiger partial charge in [-0.1, -0.05) is 41.9 Å². The third-order valence-electron chi connectivity index (χ3n) is 3.13. The quantitative estimate of drug-likeness (QED) is 0.706. The molecule has 0 bridgehead atoms. The average Bonchev–Trinajstić information content (AvgIpc) is 2.42. The minimum Gasteiger partial charge on any atom is -0.497 e. The van der Waals surface area contributed by atoms with E-state index >= 15 is 0 Å². The molecule has 0 heterocycles. The van der Waals surface area contributed by atoms with Gasteiger partial charge in [0, 0.05) is 5.02 Å². The summed E-state index contributed by atoms with van der Waals surface area (Å²) >= 11 is 12.8. The highest BCUT2D eigenvalue weighted by Gasteiger charge is 2.13. The first-order valence-electron chi connectivity index (χ1n) is 6.14. The van der Waals surface area contributed by atoms with Crippen LogP contribution in [0.3, 0.4) is 0 Å². The third-order valence-corrected chi connectivity index (χ3v) is 4.04. The lowest BCUT2D eigenvalue weighted by molar-refractivity contribution is 0.414. The zero-order valence-corrected chi connectivity index (χ0v) is 12.5. The van der Waals surface area contributed by atoms with Gasteiger partial charge in [-0.15, -0.1) is 11.6 Å². The second kappa shape index (κ2) is 6.31. The number of rotatable bonds is 4. The summed E-state index contributed by atoms with van der Waals surface area (Å²) in [4.78, 5) is 0. The maximum absolute atomic E-state index is 6.48. The highest BCUT2D eigenvalue weighted by molar-refractivity contribution is 6.33. The summed E-state index contributed by atoms with van der Waals surface area (Å²) in [5.74, 6) is 0.850. The summed E-state index contributed by atoms with van der Waals surface area (Å²) in [6.45, 7) is 1.99. The van der Waals surface area contributed by atoms with Crippen molar-refractivity contribution < 1.29 is 4.74 Å². The molecule has 100 valence electrons. The van der Waals surface area contributed by atoms with E-state index in [0.29, 0.717) is 0 Å². The average molecular weight is 295 g/mol. The van der Waals surface area contributed by atoms with Gasteiger partial charge in [0.15, 0.2) is 0 Å². The van der Waals surface area contributed by atoms with E-state index in [1.807, 2.05) is 49.4 Å². The standard InChI is InChI=1S/C16H16Cl2O/c1-11-4-3-5-14(16(11)18)15(17)10-12-6-8-13(19-2)9-7-12/h3-9,15H,10H2,1-2H3. The van der Waals surface area contributed by atoms with Gasteiger partial charge in [-0.05, 0) is 42.2 Å². The number of aryl methyl sites for hydroxylation is 1. The molecule has 19 heavy (non-hydrogen) atoms. The van der Waals surface area contributed by atoms with Crippen LogP contribution in [0.1, 0.15) is 22.1 Å². The molecule has 1 nitrogen and oxygen atoms in total. The summed E-state index contributed by atoms with van der Waals surface area (Å²) in [5, 5.41) is 0.636. The molecule has 0 saturated heterocycles. The Morgan fingerprint density at radius 1 is 1.11 bits per heavy atom. The molecule has 1 unspecified atom stereocenters. The Labute approximate surface area is 124 Å². The van der Waals surface area contributed by atoms with Crippen LogP contribution in [-0.4, -0.2) is 7.11 Å². The molecule has 1 atom stereocenters. The Hall–Kier alpha value is -1.18. The van der Waals surface area contributed by atoms with Crippen LogP contribution in [0, 0.1) is 6.92 Å². The van der Waals surface area contributed by atoms with Crippen molar-refractivity contribution in [2.75, 3.05) is 7.11 Å². The predicted molar refractivity (Wildman–Crippen MR) is 81.5 cm³/mol. The molecule has 3 heteroatoms. The zero-order valence-electron chi connectivity index (χ0n) is 11.0. The normalized spacial score (nSPS) is 12.2. The number of benzene rings is 2. The Bertz CT molecular complexity index is 549. The van der Waals surface area contributed by atoms with Gasteiger partial charge >= 0.3 is 0 Å². The Balaban J connectivity index is 2.15. The summed E-state index contributed by atoms with van der Waals surface area (Å²) in [5.41, 5.74) is 3.21. The monoisotopic (exact) mass is 294 g/mol. The minimum atomic E-state index is -0.124. The predicted octanol–water partition coefficient (Wildman–Crippen LogP) is 5.18. The maximum atomic E-state index is 6.48. The zero-order chi connectivity index (χ0) is 13.8. The molecule has 0 saturated carbocycles. The fourth-order valence-electron chi connectivity index (χ4n) is 1.99. The van der Waals surface area contributed by atoms with Crippen molar-refractivity contribution in [3.63, 3.8) is 0 Å². The van der Waals surface area contributed by atoms with Crippen molar-refractivity contribution in [3.05, 3.63) is 64.2 Å². The second-order valence-corrected chi connectivity index (χ2v) is 5.40. The summed E-state index contributed by atoms with van der Waals surface area (Å²) in [6, 6.07) is 13.9. The summed E-state index contributed by atoms with van der Waals surface area (Å²) in [7, 11) is 1.66. The van der Waals surface area contributed by atoms with Crippen molar-refractivity contribution >= 4 is 23.2 Å². The van der Waals surface area contributed by atoms with E-state index in [1.54, 1.807) is 7.11 Å². The van der Waals surface area contributed by atoms with Crippen LogP contribution >= 0.6 is 23.2 Å². The Morgan fingerprint density at radius 3 is 2.42 bits per heavy atom. The van der Waals surface area contributed by atoms with Gasteiger partial charge in [-0.3, -0.25) is 0 Å². The molecule has 2 rings (SSSR count). The van der Waals surface area contributed by atoms with Gasteiger partial charge in [-0.2, -0.15) is 0 Å². The second-order valence-electron chi connectivity index (χ2n) is 4.50. The van der Waals surface area contributed by atoms with Crippen molar-refractivity contribution in [2.45, 2.75) is 18.7 Å². The van der Waals surface area contributed by atoms with Gasteiger partial charge in [0.1, 0.15) is 5.75 Å². The molecule has 0 radical (unpaired) electrons. The maximum Gasteiger partial charge on any atom is 0.118 e. The van der Waals surface area contributed by atoms with E-state index in [0.717, 1.165) is 28.3 Å². The van der Waals surface area contributed by atoms with Crippen LogP contribution in [-0.2, 0) is 6.42 Å². The number of alkyl halides is 1. The molecule has 2 aromatic carbocycles. The Kier molecular flexibility index (Phi) is 4.73. The van der Waals surface area contributed by atoms with E-state index < -0.39 is 0 Å². The third kappa shape index (κ3) is 3.43. The molecule has 0 fully saturated rings. The van der Waals surface area contributed by atoms with E-state index in [9.17, 15) is 0 Å². The highest BCUT2D eigenvalue weighted by atomic mass is 35.5. The van der Waals surface area contributed by atoms with Gasteiger partial charge in [0.25, 0.3) is 0 Å². The highest BCUT2D eigenvalue weighted by Crippen LogP contribution is 2.32. The molecular formula is C16H16Cl2O. The van der Waals surface area contributed by atoms with Crippen molar-refractivity contribution in [2.24, 2.45) is 0 Å². The van der Waals surface area contributed by atoms with Crippen molar-refractivity contribution in [1.29, 1.82) is 0 Å². The van der Waals surface area contributed by atoms with Crippen molar-refractivity contribution in [1.82, 2.24) is 0 Å². The summed E-state index contributed by atoms with van der Waals surface area (Å²) in [6.07, 6.45) is 0.745. The number of ether oxygens (including phenoxy) is 1. The fourth-order valence-corrected chi connectivity index (χ4v) is 2.66. The summed E-state index contributed by atoms with van der Waals surface area (Å²) < 4.78 is 5.14. The van der Waals surface area contributed by atoms with Crippen LogP contribution in [0.2, 0.25) is 5.02 Å². The van der Waals surface area contributed by atoms with Crippen LogP contribution in [0.25, 0.3) is 0 Å². The molecule has 2 aromatic rings. The van der Waals surface area contributed by atoms with Crippen LogP contribution in [0.5, 0.6) is 5.75 Å². The van der Waals surface area contributed by atoms with Gasteiger partial charge in [0.2, 0.25) is 0 Å². The Morgan fingerprint density at radius 2 is 1.79 bits per heavy atom. The smallest absolute Gasteiger partial charge is 0.118 e. The molecule has 0 aromatic heterocycles. The van der Waals surface area contributed by atoms with Crippen LogP contribution in [0.15, 0.2) is 42.5 Å². The van der Waals surface area contributed by atoms with E-state index in [-0.39, 0.29) is 5.38 Å². The lowest BCUT2D eigenvalue weighted by Gasteiger charge is -2.13. The van der Waals surface area contributed by atoms with E-state index in [2.05, 4.69) is 0 Å². The first kappa shape index (κ1) is 14.2. The lowest BCUT2D eigenvalue weighted by Crippen LogP contribution is -1.98. The lowest BCUT2D eigenvalue weighted by atomic mass is 10.0. The number of halogens is 2. The van der Waals surface area contributed by atoms with E-state index in [1.165, 1.54) is 5.56 Å². The molecule has 0 amide bonds. The molecule has 0 aliphatic heterocycles. The SMILES string of the molecule is COc1ccc(CC(Cl)c2cccc(C)c2Cl)cc1. The minimum absolute atomic E-state index is 0.124. The van der Waals surface area contributed by atoms with Gasteiger partial charge < -0.3 is 4.74 Å². The fraction of sp³-hybridized carbons (Fsp3) is 0.250. The molecule has 0 aliphatic carbocycles. The molecule has 0 N–H and O–H groups in total. The largest absolute Gasteiger partial charge is 0.497 e.